The third kappa shape index (κ3) is 6.68. The number of aryl methyl sites for hydroxylation is 2. The normalized spacial score (nSPS) is 12.0. The standard InChI is InChI=1S/C44H44N4O.Pd/c1-9-14-37-41(30-15-12-16-31(26-30)43(3,4)5)42(44(6,7)8)48(46-37)32-17-13-18-33(27-32)49-34-21-22-36-35-19-10-11-20-38(35)47(39(36)28-34)40-25-29(2)23-24-45-40;/h10-13,15-26H,9,14H2,1-8H3;/q-2;+2. The average Bonchev–Trinajstić information content (AvgIpc) is 3.61. The van der Waals surface area contributed by atoms with Crippen LogP contribution in [0.25, 0.3) is 44.4 Å². The zero-order valence-corrected chi connectivity index (χ0v) is 31.7. The van der Waals surface area contributed by atoms with E-state index in [0.29, 0.717) is 11.5 Å². The van der Waals surface area contributed by atoms with E-state index in [-0.39, 0.29) is 31.3 Å². The summed E-state index contributed by atoms with van der Waals surface area (Å²) in [5.74, 6) is 2.07. The van der Waals surface area contributed by atoms with Gasteiger partial charge in [0, 0.05) is 34.2 Å². The van der Waals surface area contributed by atoms with Gasteiger partial charge in [0.15, 0.2) is 0 Å². The van der Waals surface area contributed by atoms with Crippen molar-refractivity contribution in [1.82, 2.24) is 19.3 Å². The summed E-state index contributed by atoms with van der Waals surface area (Å²) < 4.78 is 10.8. The van der Waals surface area contributed by atoms with E-state index in [1.165, 1.54) is 22.4 Å². The largest absolute Gasteiger partial charge is 2.00 e. The van der Waals surface area contributed by atoms with Gasteiger partial charge >= 0.3 is 20.4 Å². The first-order valence-electron chi connectivity index (χ1n) is 17.2. The van der Waals surface area contributed by atoms with E-state index in [4.69, 9.17) is 14.8 Å². The van der Waals surface area contributed by atoms with Crippen LogP contribution in [-0.2, 0) is 37.7 Å². The van der Waals surface area contributed by atoms with Crippen LogP contribution in [0.15, 0.2) is 97.2 Å². The Bertz CT molecular complexity index is 2320. The molecule has 0 N–H and O–H groups in total. The van der Waals surface area contributed by atoms with Crippen LogP contribution in [0, 0.1) is 19.1 Å². The molecule has 0 saturated heterocycles. The Morgan fingerprint density at radius 3 is 2.26 bits per heavy atom. The van der Waals surface area contributed by atoms with Gasteiger partial charge in [-0.25, -0.2) is 4.98 Å². The smallest absolute Gasteiger partial charge is 0.509 e. The van der Waals surface area contributed by atoms with Gasteiger partial charge in [0.05, 0.1) is 11.4 Å². The maximum absolute atomic E-state index is 6.52. The molecule has 0 aliphatic rings. The zero-order valence-electron chi connectivity index (χ0n) is 30.2. The Morgan fingerprint density at radius 1 is 0.760 bits per heavy atom. The van der Waals surface area contributed by atoms with E-state index in [0.717, 1.165) is 57.4 Å². The monoisotopic (exact) mass is 750 g/mol. The summed E-state index contributed by atoms with van der Waals surface area (Å²) in [6.45, 7) is 17.9. The summed E-state index contributed by atoms with van der Waals surface area (Å²) in [5, 5.41) is 7.53. The number of hydrogen-bond donors (Lipinski definition) is 0. The number of benzene rings is 4. The van der Waals surface area contributed by atoms with Crippen molar-refractivity contribution in [2.75, 3.05) is 0 Å². The molecule has 6 heteroatoms. The molecule has 0 radical (unpaired) electrons. The van der Waals surface area contributed by atoms with Crippen molar-refractivity contribution in [3.8, 4) is 34.1 Å². The summed E-state index contributed by atoms with van der Waals surface area (Å²) in [5.41, 5.74) is 9.86. The fraction of sp³-hybridized carbons (Fsp3) is 0.273. The van der Waals surface area contributed by atoms with Crippen molar-refractivity contribution >= 4 is 21.8 Å². The molecule has 7 aromatic rings. The van der Waals surface area contributed by atoms with Crippen molar-refractivity contribution in [1.29, 1.82) is 0 Å². The molecule has 0 saturated carbocycles. The molecule has 0 unspecified atom stereocenters. The maximum atomic E-state index is 6.52. The molecular weight excluding hydrogens is 707 g/mol. The predicted molar refractivity (Wildman–Crippen MR) is 201 cm³/mol. The van der Waals surface area contributed by atoms with Crippen molar-refractivity contribution in [2.45, 2.75) is 79.1 Å². The van der Waals surface area contributed by atoms with E-state index in [9.17, 15) is 0 Å². The van der Waals surface area contributed by atoms with Gasteiger partial charge in [0.1, 0.15) is 5.82 Å². The number of fused-ring (bicyclic) bond motifs is 3. The molecule has 7 rings (SSSR count). The molecule has 0 fully saturated rings. The minimum absolute atomic E-state index is 0. The third-order valence-electron chi connectivity index (χ3n) is 9.06. The molecule has 0 aliphatic heterocycles. The zero-order chi connectivity index (χ0) is 34.5. The Kier molecular flexibility index (Phi) is 9.66. The fourth-order valence-electron chi connectivity index (χ4n) is 6.74. The molecule has 3 heterocycles. The van der Waals surface area contributed by atoms with Gasteiger partial charge < -0.3 is 9.30 Å². The molecule has 4 aromatic carbocycles. The van der Waals surface area contributed by atoms with E-state index < -0.39 is 0 Å². The fourth-order valence-corrected chi connectivity index (χ4v) is 6.74. The summed E-state index contributed by atoms with van der Waals surface area (Å²) in [6, 6.07) is 38.7. The van der Waals surface area contributed by atoms with Crippen LogP contribution in [0.4, 0.5) is 0 Å². The molecule has 0 spiro atoms. The molecule has 50 heavy (non-hydrogen) atoms. The number of hydrogen-bond acceptors (Lipinski definition) is 3. The van der Waals surface area contributed by atoms with Crippen LogP contribution in [-0.4, -0.2) is 19.3 Å². The summed E-state index contributed by atoms with van der Waals surface area (Å²) in [7, 11) is 0. The summed E-state index contributed by atoms with van der Waals surface area (Å²) in [4.78, 5) is 4.72. The molecule has 0 aliphatic carbocycles. The molecular formula is C44H44N4OPd. The number of ether oxygens (including phenoxy) is 1. The molecule has 5 nitrogen and oxygen atoms in total. The number of nitrogens with zero attached hydrogens (tertiary/aromatic N) is 4. The molecule has 0 atom stereocenters. The van der Waals surface area contributed by atoms with Gasteiger partial charge in [-0.05, 0) is 64.7 Å². The van der Waals surface area contributed by atoms with Crippen LogP contribution in [0.2, 0.25) is 0 Å². The van der Waals surface area contributed by atoms with Crippen LogP contribution >= 0.6 is 0 Å². The van der Waals surface area contributed by atoms with E-state index in [1.807, 2.05) is 30.5 Å². The average molecular weight is 751 g/mol. The van der Waals surface area contributed by atoms with Crippen LogP contribution in [0.1, 0.15) is 77.4 Å². The summed E-state index contributed by atoms with van der Waals surface area (Å²) in [6.07, 6.45) is 3.75. The van der Waals surface area contributed by atoms with Gasteiger partial charge in [0.25, 0.3) is 0 Å². The van der Waals surface area contributed by atoms with Crippen molar-refractivity contribution < 1.29 is 25.2 Å². The first kappa shape index (κ1) is 35.3. The van der Waals surface area contributed by atoms with E-state index in [1.54, 1.807) is 0 Å². The van der Waals surface area contributed by atoms with Gasteiger partial charge in [-0.2, -0.15) is 17.2 Å². The van der Waals surface area contributed by atoms with Gasteiger partial charge in [-0.15, -0.1) is 35.7 Å². The number of aromatic nitrogens is 4. The van der Waals surface area contributed by atoms with Crippen LogP contribution in [0.3, 0.4) is 0 Å². The minimum atomic E-state index is -0.188. The number of para-hydroxylation sites is 1. The Labute approximate surface area is 310 Å². The molecule has 3 aromatic heterocycles. The van der Waals surface area contributed by atoms with Crippen molar-refractivity contribution in [2.24, 2.45) is 0 Å². The quantitative estimate of drug-likeness (QED) is 0.120. The Hall–Kier alpha value is -4.50. The third-order valence-corrected chi connectivity index (χ3v) is 9.06. The van der Waals surface area contributed by atoms with Crippen molar-refractivity contribution in [3.63, 3.8) is 0 Å². The maximum Gasteiger partial charge on any atom is 2.00 e. The first-order valence-corrected chi connectivity index (χ1v) is 17.2. The Morgan fingerprint density at radius 2 is 1.52 bits per heavy atom. The van der Waals surface area contributed by atoms with Crippen LogP contribution < -0.4 is 4.74 Å². The minimum Gasteiger partial charge on any atom is -0.509 e. The van der Waals surface area contributed by atoms with Gasteiger partial charge in [-0.1, -0.05) is 103 Å². The second-order valence-electron chi connectivity index (χ2n) is 15.0. The van der Waals surface area contributed by atoms with Gasteiger partial charge in [0.2, 0.25) is 0 Å². The number of rotatable bonds is 7. The molecule has 256 valence electrons. The molecule has 0 amide bonds. The predicted octanol–water partition coefficient (Wildman–Crippen LogP) is 11.3. The Balaban J connectivity index is 0.00000432. The second-order valence-corrected chi connectivity index (χ2v) is 15.0. The second kappa shape index (κ2) is 13.7. The first-order chi connectivity index (χ1) is 23.4. The summed E-state index contributed by atoms with van der Waals surface area (Å²) >= 11 is 0. The van der Waals surface area contributed by atoms with Gasteiger partial charge in [-0.3, -0.25) is 4.68 Å². The van der Waals surface area contributed by atoms with Crippen LogP contribution in [0.5, 0.6) is 11.5 Å². The van der Waals surface area contributed by atoms with E-state index >= 15 is 0 Å². The van der Waals surface area contributed by atoms with Crippen molar-refractivity contribution in [3.05, 3.63) is 132 Å². The number of pyridine rings is 1. The molecule has 0 bridgehead atoms. The SMILES string of the molecule is CCCc1nn(-c2[c-]c(Oc3[c-]c4c(cc3)c3ccccc3n4-c3cc(C)ccn3)ccc2)c(C(C)(C)C)c1-c1cccc(C(C)(C)C)c1.[Pd+2]. The topological polar surface area (TPSA) is 44.9 Å². The van der Waals surface area contributed by atoms with E-state index in [2.05, 4.69) is 144 Å².